The summed E-state index contributed by atoms with van der Waals surface area (Å²) in [5, 5.41) is 14.4. The van der Waals surface area contributed by atoms with Gasteiger partial charge in [-0.05, 0) is 42.0 Å². The van der Waals surface area contributed by atoms with E-state index in [1.807, 2.05) is 18.2 Å². The molecule has 0 saturated carbocycles. The lowest BCUT2D eigenvalue weighted by Gasteiger charge is -2.15. The van der Waals surface area contributed by atoms with Crippen molar-refractivity contribution >= 4 is 28.4 Å². The van der Waals surface area contributed by atoms with Gasteiger partial charge in [0.2, 0.25) is 0 Å². The van der Waals surface area contributed by atoms with Crippen LogP contribution >= 0.6 is 11.6 Å². The lowest BCUT2D eigenvalue weighted by Crippen LogP contribution is -2.32. The third-order valence-electron chi connectivity index (χ3n) is 4.66. The lowest BCUT2D eigenvalue weighted by atomic mass is 10.1. The Labute approximate surface area is 171 Å². The number of fused-ring (bicyclic) bond motifs is 1. The number of carbonyl (C=O) groups is 1. The molecule has 0 atom stereocenters. The molecule has 0 radical (unpaired) electrons. The van der Waals surface area contributed by atoms with E-state index in [9.17, 15) is 14.7 Å². The highest BCUT2D eigenvalue weighted by Crippen LogP contribution is 2.28. The van der Waals surface area contributed by atoms with Gasteiger partial charge in [-0.1, -0.05) is 54.1 Å². The summed E-state index contributed by atoms with van der Waals surface area (Å²) in [5.74, 6) is -0.968. The van der Waals surface area contributed by atoms with E-state index in [0.29, 0.717) is 21.6 Å². The van der Waals surface area contributed by atoms with Crippen molar-refractivity contribution in [2.45, 2.75) is 6.54 Å². The minimum absolute atomic E-state index is 0.201. The summed E-state index contributed by atoms with van der Waals surface area (Å²) < 4.78 is 1.44. The molecule has 29 heavy (non-hydrogen) atoms. The Kier molecular flexibility index (Phi) is 5.06. The molecule has 0 unspecified atom stereocenters. The zero-order valence-corrected chi connectivity index (χ0v) is 16.1. The van der Waals surface area contributed by atoms with E-state index in [0.717, 1.165) is 5.56 Å². The summed E-state index contributed by atoms with van der Waals surface area (Å²) in [6.07, 6.45) is 0. The molecular weight excluding hydrogens is 388 g/mol. The standard InChI is InChI=1S/C23H17ClN2O3/c24-16-12-10-15(11-13-16)14-25-22(28)20-21(27)18-8-4-5-9-19(18)26(23(20)29)17-6-2-1-3-7-17/h1-13,27H,14H2,(H,25,28). The molecule has 0 saturated heterocycles. The van der Waals surface area contributed by atoms with Crippen LogP contribution < -0.4 is 10.9 Å². The second-order valence-electron chi connectivity index (χ2n) is 6.53. The van der Waals surface area contributed by atoms with Crippen molar-refractivity contribution in [1.82, 2.24) is 9.88 Å². The Balaban J connectivity index is 1.81. The van der Waals surface area contributed by atoms with Crippen molar-refractivity contribution in [1.29, 1.82) is 0 Å². The van der Waals surface area contributed by atoms with Crippen molar-refractivity contribution in [3.8, 4) is 11.4 Å². The van der Waals surface area contributed by atoms with E-state index < -0.39 is 11.5 Å². The molecule has 1 heterocycles. The van der Waals surface area contributed by atoms with E-state index in [4.69, 9.17) is 11.6 Å². The van der Waals surface area contributed by atoms with Gasteiger partial charge in [-0.15, -0.1) is 0 Å². The highest BCUT2D eigenvalue weighted by Gasteiger charge is 2.22. The zero-order valence-electron chi connectivity index (χ0n) is 15.3. The Morgan fingerprint density at radius 3 is 2.31 bits per heavy atom. The van der Waals surface area contributed by atoms with Gasteiger partial charge in [0.05, 0.1) is 5.52 Å². The normalized spacial score (nSPS) is 10.8. The first-order valence-electron chi connectivity index (χ1n) is 9.01. The summed E-state index contributed by atoms with van der Waals surface area (Å²) in [6, 6.07) is 23.0. The Morgan fingerprint density at radius 1 is 0.931 bits per heavy atom. The van der Waals surface area contributed by atoms with E-state index in [1.54, 1.807) is 60.7 Å². The van der Waals surface area contributed by atoms with Crippen molar-refractivity contribution < 1.29 is 9.90 Å². The van der Waals surface area contributed by atoms with Crippen molar-refractivity contribution in [3.05, 3.63) is 105 Å². The number of halogens is 1. The fraction of sp³-hybridized carbons (Fsp3) is 0.0435. The van der Waals surface area contributed by atoms with Gasteiger partial charge >= 0.3 is 0 Å². The second kappa shape index (κ2) is 7.81. The van der Waals surface area contributed by atoms with Crippen LogP contribution in [-0.4, -0.2) is 15.6 Å². The van der Waals surface area contributed by atoms with E-state index >= 15 is 0 Å². The highest BCUT2D eigenvalue weighted by atomic mass is 35.5. The lowest BCUT2D eigenvalue weighted by molar-refractivity contribution is 0.0946. The van der Waals surface area contributed by atoms with Crippen LogP contribution in [0.2, 0.25) is 5.02 Å². The molecular formula is C23H17ClN2O3. The number of carbonyl (C=O) groups excluding carboxylic acids is 1. The number of para-hydroxylation sites is 2. The number of hydrogen-bond acceptors (Lipinski definition) is 3. The minimum atomic E-state index is -0.641. The molecule has 2 N–H and O–H groups in total. The number of hydrogen-bond donors (Lipinski definition) is 2. The fourth-order valence-electron chi connectivity index (χ4n) is 3.24. The van der Waals surface area contributed by atoms with Gasteiger partial charge in [0.15, 0.2) is 0 Å². The average molecular weight is 405 g/mol. The highest BCUT2D eigenvalue weighted by molar-refractivity contribution is 6.30. The van der Waals surface area contributed by atoms with Gasteiger partial charge in [0.1, 0.15) is 11.3 Å². The molecule has 1 aromatic heterocycles. The molecule has 144 valence electrons. The molecule has 3 aromatic carbocycles. The fourth-order valence-corrected chi connectivity index (χ4v) is 3.36. The van der Waals surface area contributed by atoms with Gasteiger partial charge < -0.3 is 10.4 Å². The Morgan fingerprint density at radius 2 is 1.59 bits per heavy atom. The van der Waals surface area contributed by atoms with Crippen LogP contribution in [0.25, 0.3) is 16.6 Å². The molecule has 6 heteroatoms. The van der Waals surface area contributed by atoms with Crippen LogP contribution in [0, 0.1) is 0 Å². The molecule has 0 fully saturated rings. The Bertz CT molecular complexity index is 1250. The SMILES string of the molecule is O=C(NCc1ccc(Cl)cc1)c1c(O)c2ccccc2n(-c2ccccc2)c1=O. The first-order chi connectivity index (χ1) is 14.1. The number of rotatable bonds is 4. The minimum Gasteiger partial charge on any atom is -0.506 e. The van der Waals surface area contributed by atoms with Gasteiger partial charge in [-0.25, -0.2) is 0 Å². The molecule has 4 rings (SSSR count). The molecule has 4 aromatic rings. The van der Waals surface area contributed by atoms with Crippen LogP contribution in [0.1, 0.15) is 15.9 Å². The summed E-state index contributed by atoms with van der Waals surface area (Å²) in [7, 11) is 0. The maximum atomic E-state index is 13.2. The predicted molar refractivity (Wildman–Crippen MR) is 114 cm³/mol. The first kappa shape index (κ1) is 18.8. The van der Waals surface area contributed by atoms with Crippen molar-refractivity contribution in [2.24, 2.45) is 0 Å². The van der Waals surface area contributed by atoms with Crippen LogP contribution in [0.5, 0.6) is 5.75 Å². The number of nitrogens with zero attached hydrogens (tertiary/aromatic N) is 1. The van der Waals surface area contributed by atoms with Gasteiger partial charge in [0.25, 0.3) is 11.5 Å². The predicted octanol–water partition coefficient (Wildman–Crippen LogP) is 4.28. The van der Waals surface area contributed by atoms with E-state index in [-0.39, 0.29) is 17.9 Å². The van der Waals surface area contributed by atoms with Crippen molar-refractivity contribution in [3.63, 3.8) is 0 Å². The Hall–Kier alpha value is -3.57. The molecule has 0 aliphatic rings. The van der Waals surface area contributed by atoms with Gasteiger partial charge in [-0.3, -0.25) is 14.2 Å². The largest absolute Gasteiger partial charge is 0.506 e. The monoisotopic (exact) mass is 404 g/mol. The first-order valence-corrected chi connectivity index (χ1v) is 9.39. The number of aromatic hydroxyl groups is 1. The smallest absolute Gasteiger partial charge is 0.272 e. The summed E-state index contributed by atoms with van der Waals surface area (Å²) in [6.45, 7) is 0.201. The molecule has 0 aliphatic heterocycles. The number of amides is 1. The van der Waals surface area contributed by atoms with Crippen LogP contribution in [0.15, 0.2) is 83.7 Å². The quantitative estimate of drug-likeness (QED) is 0.533. The topological polar surface area (TPSA) is 71.3 Å². The number of benzene rings is 3. The summed E-state index contributed by atoms with van der Waals surface area (Å²) in [4.78, 5) is 26.1. The molecule has 1 amide bonds. The number of pyridine rings is 1. The average Bonchev–Trinajstić information content (AvgIpc) is 2.74. The molecule has 0 aliphatic carbocycles. The number of nitrogens with one attached hydrogen (secondary N) is 1. The molecule has 0 spiro atoms. The number of aromatic nitrogens is 1. The van der Waals surface area contributed by atoms with Crippen LogP contribution in [-0.2, 0) is 6.54 Å². The molecule has 0 bridgehead atoms. The maximum Gasteiger partial charge on any atom is 0.272 e. The van der Waals surface area contributed by atoms with Gasteiger partial charge in [0, 0.05) is 22.6 Å². The van der Waals surface area contributed by atoms with E-state index in [1.165, 1.54) is 4.57 Å². The maximum absolute atomic E-state index is 13.2. The summed E-state index contributed by atoms with van der Waals surface area (Å²) >= 11 is 5.88. The second-order valence-corrected chi connectivity index (χ2v) is 6.96. The van der Waals surface area contributed by atoms with Gasteiger partial charge in [-0.2, -0.15) is 0 Å². The third kappa shape index (κ3) is 3.60. The molecule has 5 nitrogen and oxygen atoms in total. The third-order valence-corrected chi connectivity index (χ3v) is 4.91. The van der Waals surface area contributed by atoms with Crippen molar-refractivity contribution in [2.75, 3.05) is 0 Å². The summed E-state index contributed by atoms with van der Waals surface area (Å²) in [5.41, 5.74) is 1.09. The zero-order chi connectivity index (χ0) is 20.4. The van der Waals surface area contributed by atoms with E-state index in [2.05, 4.69) is 5.32 Å². The van der Waals surface area contributed by atoms with Crippen LogP contribution in [0.3, 0.4) is 0 Å². The van der Waals surface area contributed by atoms with Crippen LogP contribution in [0.4, 0.5) is 0 Å².